The van der Waals surface area contributed by atoms with E-state index in [1.54, 1.807) is 0 Å². The summed E-state index contributed by atoms with van der Waals surface area (Å²) in [4.78, 5) is 0. The molecule has 0 aromatic carbocycles. The fourth-order valence-electron chi connectivity index (χ4n) is 3.87. The highest BCUT2D eigenvalue weighted by molar-refractivity contribution is 5.20. The van der Waals surface area contributed by atoms with E-state index in [0.717, 1.165) is 25.7 Å². The number of aliphatic hydroxyl groups is 1. The highest BCUT2D eigenvalue weighted by atomic mass is 16.3. The molecule has 0 heterocycles. The summed E-state index contributed by atoms with van der Waals surface area (Å²) in [6.45, 7) is 8.86. The van der Waals surface area contributed by atoms with Crippen LogP contribution in [-0.4, -0.2) is 16.2 Å². The largest absolute Gasteiger partial charge is 0.388 e. The first-order valence-electron chi connectivity index (χ1n) is 5.59. The van der Waals surface area contributed by atoms with Crippen LogP contribution in [0.3, 0.4) is 0 Å². The smallest absolute Gasteiger partial charge is 0.0836 e. The van der Waals surface area contributed by atoms with Gasteiger partial charge in [0.05, 0.1) is 5.60 Å². The van der Waals surface area contributed by atoms with Crippen molar-refractivity contribution < 1.29 is 5.11 Å². The molecule has 0 atom stereocenters. The van der Waals surface area contributed by atoms with Crippen molar-refractivity contribution in [3.8, 4) is 0 Å². The van der Waals surface area contributed by atoms with Gasteiger partial charge in [0, 0.05) is 5.54 Å². The quantitative estimate of drug-likeness (QED) is 0.676. The molecule has 2 aliphatic rings. The summed E-state index contributed by atoms with van der Waals surface area (Å²) in [5.41, 5.74) is 6.04. The van der Waals surface area contributed by atoms with Crippen LogP contribution in [0.15, 0.2) is 0 Å². The molecule has 2 aliphatic carbocycles. The maximum atomic E-state index is 10.4. The van der Waals surface area contributed by atoms with Gasteiger partial charge < -0.3 is 10.8 Å². The van der Waals surface area contributed by atoms with Gasteiger partial charge in [-0.05, 0) is 36.5 Å². The maximum Gasteiger partial charge on any atom is 0.0836 e. The highest BCUT2D eigenvalue weighted by Gasteiger charge is 2.64. The van der Waals surface area contributed by atoms with Gasteiger partial charge in [0.2, 0.25) is 0 Å². The number of hydrogen-bond donors (Lipinski definition) is 2. The van der Waals surface area contributed by atoms with Crippen LogP contribution in [0.5, 0.6) is 0 Å². The molecule has 0 amide bonds. The lowest BCUT2D eigenvalue weighted by Crippen LogP contribution is -2.74. The normalized spacial score (nSPS) is 35.6. The maximum absolute atomic E-state index is 10.4. The Balaban J connectivity index is 2.05. The van der Waals surface area contributed by atoms with Crippen LogP contribution in [0.4, 0.5) is 0 Å². The monoisotopic (exact) mass is 197 g/mol. The minimum absolute atomic E-state index is 0.293. The summed E-state index contributed by atoms with van der Waals surface area (Å²) < 4.78 is 0. The van der Waals surface area contributed by atoms with E-state index in [2.05, 4.69) is 27.7 Å². The Bertz CT molecular complexity index is 223. The van der Waals surface area contributed by atoms with E-state index in [-0.39, 0.29) is 5.54 Å². The van der Waals surface area contributed by atoms with Crippen molar-refractivity contribution in [2.24, 2.45) is 16.6 Å². The lowest BCUT2D eigenvalue weighted by molar-refractivity contribution is -0.204. The molecule has 2 heteroatoms. The molecule has 14 heavy (non-hydrogen) atoms. The fraction of sp³-hybridized carbons (Fsp3) is 1.00. The summed E-state index contributed by atoms with van der Waals surface area (Å²) in [6.07, 6.45) is 3.66. The predicted molar refractivity (Wildman–Crippen MR) is 57.9 cm³/mol. The molecule has 0 aliphatic heterocycles. The number of hydrogen-bond acceptors (Lipinski definition) is 2. The molecule has 0 aromatic heterocycles. The highest BCUT2D eigenvalue weighted by Crippen LogP contribution is 2.61. The van der Waals surface area contributed by atoms with Crippen molar-refractivity contribution in [3.63, 3.8) is 0 Å². The Morgan fingerprint density at radius 1 is 0.857 bits per heavy atom. The number of nitrogens with two attached hydrogens (primary N) is 1. The SMILES string of the molecule is CC1(C)CC(N)(C2(O)CC(C)(C)C2)C1. The molecule has 2 rings (SSSR count). The third kappa shape index (κ3) is 1.31. The Morgan fingerprint density at radius 3 is 1.50 bits per heavy atom. The van der Waals surface area contributed by atoms with E-state index in [1.807, 2.05) is 0 Å². The van der Waals surface area contributed by atoms with Crippen LogP contribution in [0.2, 0.25) is 0 Å². The molecule has 2 fully saturated rings. The second-order valence-electron chi connectivity index (χ2n) is 7.22. The van der Waals surface area contributed by atoms with E-state index >= 15 is 0 Å². The van der Waals surface area contributed by atoms with Crippen LogP contribution >= 0.6 is 0 Å². The average molecular weight is 197 g/mol. The van der Waals surface area contributed by atoms with E-state index < -0.39 is 5.60 Å². The van der Waals surface area contributed by atoms with Crippen LogP contribution in [0, 0.1) is 10.8 Å². The Hall–Kier alpha value is -0.0800. The van der Waals surface area contributed by atoms with Crippen molar-refractivity contribution >= 4 is 0 Å². The minimum atomic E-state index is -0.577. The molecule has 82 valence electrons. The van der Waals surface area contributed by atoms with Gasteiger partial charge in [0.25, 0.3) is 0 Å². The van der Waals surface area contributed by atoms with E-state index in [4.69, 9.17) is 5.73 Å². The zero-order valence-electron chi connectivity index (χ0n) is 9.85. The first kappa shape index (κ1) is 10.4. The van der Waals surface area contributed by atoms with Gasteiger partial charge in [0.15, 0.2) is 0 Å². The third-order valence-corrected chi connectivity index (χ3v) is 4.06. The minimum Gasteiger partial charge on any atom is -0.388 e. The fourth-order valence-corrected chi connectivity index (χ4v) is 3.87. The molecule has 0 aromatic rings. The van der Waals surface area contributed by atoms with E-state index in [9.17, 15) is 5.11 Å². The second-order valence-corrected chi connectivity index (χ2v) is 7.22. The first-order valence-corrected chi connectivity index (χ1v) is 5.59. The van der Waals surface area contributed by atoms with E-state index in [0.29, 0.717) is 10.8 Å². The van der Waals surface area contributed by atoms with Gasteiger partial charge in [-0.3, -0.25) is 0 Å². The molecule has 0 bridgehead atoms. The van der Waals surface area contributed by atoms with Crippen molar-refractivity contribution in [2.45, 2.75) is 64.5 Å². The molecule has 2 nitrogen and oxygen atoms in total. The summed E-state index contributed by atoms with van der Waals surface area (Å²) in [7, 11) is 0. The van der Waals surface area contributed by atoms with Crippen LogP contribution in [-0.2, 0) is 0 Å². The summed E-state index contributed by atoms with van der Waals surface area (Å²) in [5.74, 6) is 0. The molecule has 3 N–H and O–H groups in total. The Kier molecular flexibility index (Phi) is 1.76. The van der Waals surface area contributed by atoms with Crippen LogP contribution in [0.1, 0.15) is 53.4 Å². The lowest BCUT2D eigenvalue weighted by atomic mass is 9.45. The summed E-state index contributed by atoms with van der Waals surface area (Å²) in [6, 6.07) is 0. The van der Waals surface area contributed by atoms with E-state index in [1.165, 1.54) is 0 Å². The molecule has 0 saturated heterocycles. The predicted octanol–water partition coefficient (Wildman–Crippen LogP) is 2.05. The van der Waals surface area contributed by atoms with Gasteiger partial charge in [-0.25, -0.2) is 0 Å². The van der Waals surface area contributed by atoms with Crippen LogP contribution in [0.25, 0.3) is 0 Å². The van der Waals surface area contributed by atoms with Crippen molar-refractivity contribution in [1.29, 1.82) is 0 Å². The number of rotatable bonds is 1. The second kappa shape index (κ2) is 2.35. The summed E-state index contributed by atoms with van der Waals surface area (Å²) >= 11 is 0. The molecule has 2 saturated carbocycles. The summed E-state index contributed by atoms with van der Waals surface area (Å²) in [5, 5.41) is 10.4. The molecule has 0 spiro atoms. The van der Waals surface area contributed by atoms with Crippen molar-refractivity contribution in [1.82, 2.24) is 0 Å². The molecular formula is C12H23NO. The Morgan fingerprint density at radius 2 is 1.21 bits per heavy atom. The van der Waals surface area contributed by atoms with Gasteiger partial charge in [-0.15, -0.1) is 0 Å². The third-order valence-electron chi connectivity index (χ3n) is 4.06. The Labute approximate surface area is 86.9 Å². The molecule has 0 unspecified atom stereocenters. The van der Waals surface area contributed by atoms with Gasteiger partial charge in [-0.1, -0.05) is 27.7 Å². The van der Waals surface area contributed by atoms with Crippen molar-refractivity contribution in [3.05, 3.63) is 0 Å². The van der Waals surface area contributed by atoms with Gasteiger partial charge >= 0.3 is 0 Å². The molecule has 0 radical (unpaired) electrons. The standard InChI is InChI=1S/C12H23NO/c1-9(2)5-11(13,6-9)12(14)7-10(3,4)8-12/h14H,5-8,13H2,1-4H3. The van der Waals surface area contributed by atoms with Gasteiger partial charge in [0.1, 0.15) is 0 Å². The van der Waals surface area contributed by atoms with Crippen molar-refractivity contribution in [2.75, 3.05) is 0 Å². The first-order chi connectivity index (χ1) is 6.08. The lowest BCUT2D eigenvalue weighted by Gasteiger charge is -2.65. The zero-order chi connectivity index (χ0) is 10.8. The van der Waals surface area contributed by atoms with Gasteiger partial charge in [-0.2, -0.15) is 0 Å². The topological polar surface area (TPSA) is 46.2 Å². The molecular weight excluding hydrogens is 174 g/mol. The van der Waals surface area contributed by atoms with Crippen LogP contribution < -0.4 is 5.73 Å². The zero-order valence-corrected chi connectivity index (χ0v) is 9.85. The average Bonchev–Trinajstić information content (AvgIpc) is 1.76.